The molecule has 3 aromatic rings. The lowest BCUT2D eigenvalue weighted by molar-refractivity contribution is -0.147. The number of aryl methyl sites for hydroxylation is 1. The Bertz CT molecular complexity index is 1050. The number of para-hydroxylation sites is 1. The molecular weight excluding hydrogens is 348 g/mol. The molecular formula is C21H20O6. The number of carbonyl (C=O) groups is 1. The van der Waals surface area contributed by atoms with Crippen molar-refractivity contribution in [3.63, 3.8) is 0 Å². The Balaban J connectivity index is 2.10. The van der Waals surface area contributed by atoms with Gasteiger partial charge in [0, 0.05) is 11.6 Å². The predicted octanol–water partition coefficient (Wildman–Crippen LogP) is 3.72. The molecule has 0 saturated heterocycles. The highest BCUT2D eigenvalue weighted by molar-refractivity contribution is 5.85. The Morgan fingerprint density at radius 2 is 1.85 bits per heavy atom. The molecule has 0 radical (unpaired) electrons. The first-order valence-corrected chi connectivity index (χ1v) is 8.41. The van der Waals surface area contributed by atoms with Gasteiger partial charge >= 0.3 is 5.97 Å². The number of esters is 1. The first kappa shape index (κ1) is 18.5. The number of methoxy groups -OCH3 is 2. The van der Waals surface area contributed by atoms with Crippen molar-refractivity contribution in [1.29, 1.82) is 0 Å². The maximum atomic E-state index is 13.1. The average Bonchev–Trinajstić information content (AvgIpc) is 2.67. The SMILES string of the molecule is COC(=O)[C@@H](C)Oc1ccc2c(=O)c(-c3ccccc3OC)c(C)oc2c1. The molecule has 3 rings (SSSR count). The van der Waals surface area contributed by atoms with Gasteiger partial charge in [-0.05, 0) is 32.0 Å². The lowest BCUT2D eigenvalue weighted by Gasteiger charge is -2.14. The molecule has 1 aromatic heterocycles. The van der Waals surface area contributed by atoms with Crippen LogP contribution < -0.4 is 14.9 Å². The van der Waals surface area contributed by atoms with Crippen LogP contribution in [0.1, 0.15) is 12.7 Å². The summed E-state index contributed by atoms with van der Waals surface area (Å²) in [5.41, 5.74) is 1.35. The Kier molecular flexibility index (Phi) is 5.16. The van der Waals surface area contributed by atoms with Crippen molar-refractivity contribution < 1.29 is 23.4 Å². The van der Waals surface area contributed by atoms with Gasteiger partial charge in [-0.25, -0.2) is 4.79 Å². The zero-order valence-corrected chi connectivity index (χ0v) is 15.6. The molecule has 0 fully saturated rings. The van der Waals surface area contributed by atoms with Gasteiger partial charge in [0.1, 0.15) is 22.8 Å². The molecule has 0 spiro atoms. The van der Waals surface area contributed by atoms with Crippen molar-refractivity contribution in [2.24, 2.45) is 0 Å². The van der Waals surface area contributed by atoms with Crippen molar-refractivity contribution in [1.82, 2.24) is 0 Å². The van der Waals surface area contributed by atoms with Crippen molar-refractivity contribution in [3.8, 4) is 22.6 Å². The highest BCUT2D eigenvalue weighted by Gasteiger charge is 2.19. The molecule has 1 heterocycles. The number of hydrogen-bond acceptors (Lipinski definition) is 6. The molecule has 1 atom stereocenters. The van der Waals surface area contributed by atoms with Crippen LogP contribution in [0.25, 0.3) is 22.1 Å². The number of fused-ring (bicyclic) bond motifs is 1. The fraction of sp³-hybridized carbons (Fsp3) is 0.238. The predicted molar refractivity (Wildman–Crippen MR) is 101 cm³/mol. The van der Waals surface area contributed by atoms with Crippen LogP contribution in [-0.4, -0.2) is 26.3 Å². The van der Waals surface area contributed by atoms with E-state index in [2.05, 4.69) is 4.74 Å². The minimum Gasteiger partial charge on any atom is -0.496 e. The lowest BCUT2D eigenvalue weighted by Crippen LogP contribution is -2.24. The summed E-state index contributed by atoms with van der Waals surface area (Å²) in [4.78, 5) is 24.6. The largest absolute Gasteiger partial charge is 0.496 e. The highest BCUT2D eigenvalue weighted by atomic mass is 16.6. The van der Waals surface area contributed by atoms with E-state index >= 15 is 0 Å². The van der Waals surface area contributed by atoms with Crippen LogP contribution in [0.5, 0.6) is 11.5 Å². The third-order valence-electron chi connectivity index (χ3n) is 4.26. The van der Waals surface area contributed by atoms with E-state index in [1.807, 2.05) is 18.2 Å². The van der Waals surface area contributed by atoms with Gasteiger partial charge in [-0.3, -0.25) is 4.79 Å². The molecule has 0 aliphatic rings. The number of carbonyl (C=O) groups excluding carboxylic acids is 1. The smallest absolute Gasteiger partial charge is 0.346 e. The summed E-state index contributed by atoms with van der Waals surface area (Å²) < 4.78 is 21.5. The van der Waals surface area contributed by atoms with Crippen LogP contribution >= 0.6 is 0 Å². The van der Waals surface area contributed by atoms with Crippen LogP contribution in [0.15, 0.2) is 51.7 Å². The quantitative estimate of drug-likeness (QED) is 0.639. The standard InChI is InChI=1S/C21H20O6/c1-12-19(15-7-5-6-8-17(15)24-3)20(22)16-10-9-14(11-18(16)27-12)26-13(2)21(23)25-4/h5-11,13H,1-4H3/t13-/m1/s1. The second kappa shape index (κ2) is 7.53. The number of rotatable bonds is 5. The molecule has 0 saturated carbocycles. The summed E-state index contributed by atoms with van der Waals surface area (Å²) in [5.74, 6) is 0.988. The molecule has 6 nitrogen and oxygen atoms in total. The topological polar surface area (TPSA) is 75.0 Å². The van der Waals surface area contributed by atoms with Crippen molar-refractivity contribution in [2.75, 3.05) is 14.2 Å². The molecule has 0 aliphatic carbocycles. The minimum atomic E-state index is -0.770. The zero-order chi connectivity index (χ0) is 19.6. The Hall–Kier alpha value is -3.28. The fourth-order valence-corrected chi connectivity index (χ4v) is 2.94. The van der Waals surface area contributed by atoms with Gasteiger partial charge in [-0.1, -0.05) is 18.2 Å². The van der Waals surface area contributed by atoms with Crippen molar-refractivity contribution in [2.45, 2.75) is 20.0 Å². The van der Waals surface area contributed by atoms with Crippen LogP contribution in [0.2, 0.25) is 0 Å². The van der Waals surface area contributed by atoms with E-state index < -0.39 is 12.1 Å². The Labute approximate surface area is 156 Å². The normalized spacial score (nSPS) is 11.9. The van der Waals surface area contributed by atoms with Gasteiger partial charge in [-0.2, -0.15) is 0 Å². The minimum absolute atomic E-state index is 0.161. The van der Waals surface area contributed by atoms with E-state index in [-0.39, 0.29) is 5.43 Å². The maximum absolute atomic E-state index is 13.1. The van der Waals surface area contributed by atoms with E-state index in [1.165, 1.54) is 7.11 Å². The van der Waals surface area contributed by atoms with Crippen LogP contribution in [0.4, 0.5) is 0 Å². The third kappa shape index (κ3) is 3.51. The third-order valence-corrected chi connectivity index (χ3v) is 4.26. The maximum Gasteiger partial charge on any atom is 0.346 e. The second-order valence-corrected chi connectivity index (χ2v) is 6.00. The average molecular weight is 368 g/mol. The zero-order valence-electron chi connectivity index (χ0n) is 15.6. The van der Waals surface area contributed by atoms with Gasteiger partial charge < -0.3 is 18.6 Å². The van der Waals surface area contributed by atoms with E-state index in [4.69, 9.17) is 13.9 Å². The number of hydrogen-bond donors (Lipinski definition) is 0. The van der Waals surface area contributed by atoms with Crippen LogP contribution in [0.3, 0.4) is 0 Å². The second-order valence-electron chi connectivity index (χ2n) is 6.00. The molecule has 2 aromatic carbocycles. The van der Waals surface area contributed by atoms with Crippen LogP contribution in [-0.2, 0) is 9.53 Å². The summed E-state index contributed by atoms with van der Waals surface area (Å²) >= 11 is 0. The molecule has 140 valence electrons. The molecule has 0 bridgehead atoms. The van der Waals surface area contributed by atoms with Gasteiger partial charge in [0.15, 0.2) is 6.10 Å². The van der Waals surface area contributed by atoms with E-state index in [9.17, 15) is 9.59 Å². The Morgan fingerprint density at radius 3 is 2.56 bits per heavy atom. The molecule has 0 aliphatic heterocycles. The van der Waals surface area contributed by atoms with Crippen molar-refractivity contribution in [3.05, 3.63) is 58.4 Å². The summed E-state index contributed by atoms with van der Waals surface area (Å²) in [5, 5.41) is 0.416. The first-order chi connectivity index (χ1) is 13.0. The van der Waals surface area contributed by atoms with E-state index in [1.54, 1.807) is 45.2 Å². The van der Waals surface area contributed by atoms with Gasteiger partial charge in [0.25, 0.3) is 0 Å². The van der Waals surface area contributed by atoms with Gasteiger partial charge in [-0.15, -0.1) is 0 Å². The lowest BCUT2D eigenvalue weighted by atomic mass is 10.0. The summed E-state index contributed by atoms with van der Waals surface area (Å²) in [6.07, 6.45) is -0.770. The summed E-state index contributed by atoms with van der Waals surface area (Å²) in [6, 6.07) is 12.1. The van der Waals surface area contributed by atoms with Gasteiger partial charge in [0.2, 0.25) is 5.43 Å². The van der Waals surface area contributed by atoms with Crippen LogP contribution in [0, 0.1) is 6.92 Å². The van der Waals surface area contributed by atoms with Gasteiger partial charge in [0.05, 0.1) is 25.2 Å². The van der Waals surface area contributed by atoms with E-state index in [0.29, 0.717) is 39.4 Å². The molecule has 0 amide bonds. The Morgan fingerprint density at radius 1 is 1.11 bits per heavy atom. The number of ether oxygens (including phenoxy) is 3. The molecule has 0 unspecified atom stereocenters. The molecule has 27 heavy (non-hydrogen) atoms. The van der Waals surface area contributed by atoms with E-state index in [0.717, 1.165) is 0 Å². The number of benzene rings is 2. The summed E-state index contributed by atoms with van der Waals surface area (Å²) in [7, 11) is 2.85. The summed E-state index contributed by atoms with van der Waals surface area (Å²) in [6.45, 7) is 3.31. The van der Waals surface area contributed by atoms with Crippen molar-refractivity contribution >= 4 is 16.9 Å². The molecule has 6 heteroatoms. The monoisotopic (exact) mass is 368 g/mol. The first-order valence-electron chi connectivity index (χ1n) is 8.41. The molecule has 0 N–H and O–H groups in total. The fourth-order valence-electron chi connectivity index (χ4n) is 2.94. The highest BCUT2D eigenvalue weighted by Crippen LogP contribution is 2.32.